The van der Waals surface area contributed by atoms with Crippen LogP contribution in [0.5, 0.6) is 0 Å². The highest BCUT2D eigenvalue weighted by Gasteiger charge is 2.42. The van der Waals surface area contributed by atoms with E-state index in [4.69, 9.17) is 0 Å². The van der Waals surface area contributed by atoms with Gasteiger partial charge in [-0.05, 0) is 18.8 Å². The molecule has 3 rings (SSSR count). The summed E-state index contributed by atoms with van der Waals surface area (Å²) in [6, 6.07) is 0. The summed E-state index contributed by atoms with van der Waals surface area (Å²) in [5.41, 5.74) is -0.142. The molecular formula is C11H15N3O2. The number of aliphatic hydroxyl groups is 1. The lowest BCUT2D eigenvalue weighted by Crippen LogP contribution is -2.30. The van der Waals surface area contributed by atoms with Gasteiger partial charge in [0, 0.05) is 31.4 Å². The Labute approximate surface area is 93.1 Å². The Kier molecular flexibility index (Phi) is 2.21. The fourth-order valence-corrected chi connectivity index (χ4v) is 2.98. The van der Waals surface area contributed by atoms with Gasteiger partial charge in [-0.1, -0.05) is 0 Å². The number of rotatable bonds is 1. The minimum absolute atomic E-state index is 0.142. The maximum Gasteiger partial charge on any atom is 0.290 e. The molecule has 1 saturated carbocycles. The summed E-state index contributed by atoms with van der Waals surface area (Å²) in [4.78, 5) is 20.3. The summed E-state index contributed by atoms with van der Waals surface area (Å²) in [7, 11) is 0. The van der Waals surface area contributed by atoms with E-state index in [1.807, 2.05) is 4.90 Å². The van der Waals surface area contributed by atoms with E-state index in [2.05, 4.69) is 9.97 Å². The van der Waals surface area contributed by atoms with Crippen LogP contribution in [0.3, 0.4) is 0 Å². The predicted molar refractivity (Wildman–Crippen MR) is 59.3 cm³/mol. The van der Waals surface area contributed by atoms with Crippen LogP contribution in [0.4, 0.5) is 5.82 Å². The summed E-state index contributed by atoms with van der Waals surface area (Å²) < 4.78 is 0. The third kappa shape index (κ3) is 1.43. The Morgan fingerprint density at radius 1 is 1.44 bits per heavy atom. The van der Waals surface area contributed by atoms with Crippen LogP contribution in [-0.2, 0) is 0 Å². The minimum atomic E-state index is -0.196. The molecule has 3 atom stereocenters. The smallest absolute Gasteiger partial charge is 0.290 e. The monoisotopic (exact) mass is 221 g/mol. The van der Waals surface area contributed by atoms with Gasteiger partial charge in [-0.25, -0.2) is 4.98 Å². The van der Waals surface area contributed by atoms with Gasteiger partial charge in [-0.3, -0.25) is 4.79 Å². The van der Waals surface area contributed by atoms with E-state index in [1.54, 1.807) is 6.20 Å². The second kappa shape index (κ2) is 3.59. The van der Waals surface area contributed by atoms with Crippen molar-refractivity contribution < 1.29 is 5.11 Å². The van der Waals surface area contributed by atoms with Crippen LogP contribution in [0.25, 0.3) is 0 Å². The standard InChI is InChI=1S/C11H15N3O2/c15-9-2-1-7-5-14(6-8(7)9)10-11(16)13-4-3-12-10/h3-4,7-9,15H,1-2,5-6H2,(H,13,16). The normalized spacial score (nSPS) is 33.1. The van der Waals surface area contributed by atoms with E-state index in [1.165, 1.54) is 6.20 Å². The van der Waals surface area contributed by atoms with Crippen molar-refractivity contribution >= 4 is 5.82 Å². The molecule has 2 aliphatic rings. The number of hydrogen-bond donors (Lipinski definition) is 2. The largest absolute Gasteiger partial charge is 0.393 e. The molecule has 1 aromatic heterocycles. The third-order valence-corrected chi connectivity index (χ3v) is 3.81. The van der Waals surface area contributed by atoms with Gasteiger partial charge in [0.05, 0.1) is 6.10 Å². The van der Waals surface area contributed by atoms with Gasteiger partial charge < -0.3 is 15.0 Å². The number of H-pyrrole nitrogens is 1. The molecule has 1 saturated heterocycles. The van der Waals surface area contributed by atoms with E-state index in [-0.39, 0.29) is 11.7 Å². The lowest BCUT2D eigenvalue weighted by Gasteiger charge is -2.17. The zero-order valence-corrected chi connectivity index (χ0v) is 8.97. The highest BCUT2D eigenvalue weighted by atomic mass is 16.3. The maximum absolute atomic E-state index is 11.6. The third-order valence-electron chi connectivity index (χ3n) is 3.81. The molecule has 3 unspecified atom stereocenters. The van der Waals surface area contributed by atoms with Crippen molar-refractivity contribution in [3.8, 4) is 0 Å². The first-order valence-electron chi connectivity index (χ1n) is 5.72. The van der Waals surface area contributed by atoms with E-state index in [9.17, 15) is 9.90 Å². The molecule has 0 bridgehead atoms. The van der Waals surface area contributed by atoms with Crippen LogP contribution in [0.1, 0.15) is 12.8 Å². The van der Waals surface area contributed by atoms with Gasteiger partial charge in [0.25, 0.3) is 5.56 Å². The summed E-state index contributed by atoms with van der Waals surface area (Å²) in [5, 5.41) is 9.80. The van der Waals surface area contributed by atoms with Crippen molar-refractivity contribution in [1.29, 1.82) is 0 Å². The predicted octanol–water partition coefficient (Wildman–Crippen LogP) is -0.0230. The molecule has 5 heteroatoms. The van der Waals surface area contributed by atoms with Crippen LogP contribution >= 0.6 is 0 Å². The maximum atomic E-state index is 11.6. The van der Waals surface area contributed by atoms with Crippen LogP contribution in [0.15, 0.2) is 17.2 Å². The molecule has 16 heavy (non-hydrogen) atoms. The summed E-state index contributed by atoms with van der Waals surface area (Å²) >= 11 is 0. The first-order chi connectivity index (χ1) is 7.75. The molecule has 2 N–H and O–H groups in total. The van der Waals surface area contributed by atoms with E-state index < -0.39 is 0 Å². The molecule has 1 aliphatic heterocycles. The highest BCUT2D eigenvalue weighted by Crippen LogP contribution is 2.38. The topological polar surface area (TPSA) is 69.2 Å². The van der Waals surface area contributed by atoms with Crippen molar-refractivity contribution in [2.75, 3.05) is 18.0 Å². The molecule has 1 aromatic rings. The molecular weight excluding hydrogens is 206 g/mol. The van der Waals surface area contributed by atoms with Gasteiger partial charge in [0.2, 0.25) is 0 Å². The average Bonchev–Trinajstić information content (AvgIpc) is 2.82. The van der Waals surface area contributed by atoms with Gasteiger partial charge in [0.1, 0.15) is 0 Å². The molecule has 2 heterocycles. The number of fused-ring (bicyclic) bond motifs is 1. The molecule has 2 fully saturated rings. The quantitative estimate of drug-likeness (QED) is 0.699. The Balaban J connectivity index is 1.85. The van der Waals surface area contributed by atoms with Crippen LogP contribution in [0, 0.1) is 11.8 Å². The van der Waals surface area contributed by atoms with Crippen molar-refractivity contribution in [3.63, 3.8) is 0 Å². The number of hydrogen-bond acceptors (Lipinski definition) is 4. The van der Waals surface area contributed by atoms with Crippen LogP contribution < -0.4 is 10.5 Å². The van der Waals surface area contributed by atoms with Gasteiger partial charge >= 0.3 is 0 Å². The second-order valence-corrected chi connectivity index (χ2v) is 4.72. The Hall–Kier alpha value is -1.36. The molecule has 0 amide bonds. The molecule has 5 nitrogen and oxygen atoms in total. The molecule has 1 aliphatic carbocycles. The van der Waals surface area contributed by atoms with Crippen molar-refractivity contribution in [1.82, 2.24) is 9.97 Å². The fourth-order valence-electron chi connectivity index (χ4n) is 2.98. The van der Waals surface area contributed by atoms with E-state index in [0.29, 0.717) is 17.7 Å². The zero-order chi connectivity index (χ0) is 11.1. The Morgan fingerprint density at radius 3 is 3.06 bits per heavy atom. The van der Waals surface area contributed by atoms with Crippen LogP contribution in [0.2, 0.25) is 0 Å². The number of aromatic nitrogens is 2. The Bertz CT molecular complexity index is 445. The average molecular weight is 221 g/mol. The second-order valence-electron chi connectivity index (χ2n) is 4.72. The first kappa shape index (κ1) is 9.84. The highest BCUT2D eigenvalue weighted by molar-refractivity contribution is 5.37. The minimum Gasteiger partial charge on any atom is -0.393 e. The zero-order valence-electron chi connectivity index (χ0n) is 8.97. The van der Waals surface area contributed by atoms with Crippen LogP contribution in [-0.4, -0.2) is 34.3 Å². The fraction of sp³-hybridized carbons (Fsp3) is 0.636. The van der Waals surface area contributed by atoms with Crippen molar-refractivity contribution in [2.45, 2.75) is 18.9 Å². The SMILES string of the molecule is O=c1[nH]ccnc1N1CC2CCC(O)C2C1. The molecule has 0 spiro atoms. The Morgan fingerprint density at radius 2 is 2.31 bits per heavy atom. The number of aliphatic hydroxyl groups excluding tert-OH is 1. The summed E-state index contributed by atoms with van der Waals surface area (Å²) in [6.07, 6.45) is 4.91. The molecule has 86 valence electrons. The van der Waals surface area contributed by atoms with E-state index in [0.717, 1.165) is 25.9 Å². The van der Waals surface area contributed by atoms with E-state index >= 15 is 0 Å². The molecule has 0 radical (unpaired) electrons. The molecule has 0 aromatic carbocycles. The van der Waals surface area contributed by atoms with Crippen molar-refractivity contribution in [2.24, 2.45) is 11.8 Å². The van der Waals surface area contributed by atoms with Gasteiger partial charge in [0.15, 0.2) is 5.82 Å². The summed E-state index contributed by atoms with van der Waals surface area (Å²) in [6.45, 7) is 1.60. The number of aromatic amines is 1. The number of nitrogens with one attached hydrogen (secondary N) is 1. The van der Waals surface area contributed by atoms with Crippen molar-refractivity contribution in [3.05, 3.63) is 22.7 Å². The lowest BCUT2D eigenvalue weighted by atomic mass is 10.00. The van der Waals surface area contributed by atoms with Gasteiger partial charge in [-0.15, -0.1) is 0 Å². The number of nitrogens with zero attached hydrogens (tertiary/aromatic N) is 2. The lowest BCUT2D eigenvalue weighted by molar-refractivity contribution is 0.133. The van der Waals surface area contributed by atoms with Gasteiger partial charge in [-0.2, -0.15) is 0 Å². The first-order valence-corrected chi connectivity index (χ1v) is 5.72. The number of anilines is 1. The summed E-state index contributed by atoms with van der Waals surface area (Å²) in [5.74, 6) is 1.34.